The lowest BCUT2D eigenvalue weighted by Gasteiger charge is -2.26. The van der Waals surface area contributed by atoms with Crippen molar-refractivity contribution in [1.82, 2.24) is 9.55 Å². The van der Waals surface area contributed by atoms with E-state index in [1.54, 1.807) is 19.1 Å². The molecule has 1 aromatic heterocycles. The minimum atomic E-state index is -0.701. The van der Waals surface area contributed by atoms with E-state index in [4.69, 9.17) is 16.3 Å². The number of anilines is 1. The summed E-state index contributed by atoms with van der Waals surface area (Å²) < 4.78 is 35.5. The summed E-state index contributed by atoms with van der Waals surface area (Å²) in [7, 11) is 1.37. The third-order valence-electron chi connectivity index (χ3n) is 7.40. The lowest BCUT2D eigenvalue weighted by Crippen LogP contribution is -2.31. The van der Waals surface area contributed by atoms with Crippen LogP contribution in [0, 0.1) is 30.5 Å². The van der Waals surface area contributed by atoms with Crippen molar-refractivity contribution >= 4 is 11.5 Å². The van der Waals surface area contributed by atoms with E-state index in [-0.39, 0.29) is 33.9 Å². The molecule has 1 saturated carbocycles. The summed E-state index contributed by atoms with van der Waals surface area (Å²) in [5.41, 5.74) is 0.849. The summed E-state index contributed by atoms with van der Waals surface area (Å²) in [6, 6.07) is 8.35. The Balaban J connectivity index is 1.70. The van der Waals surface area contributed by atoms with Crippen LogP contribution in [0.4, 0.5) is 20.3 Å². The van der Waals surface area contributed by atoms with Crippen molar-refractivity contribution in [3.63, 3.8) is 0 Å². The Morgan fingerprint density at radius 3 is 2.51 bits per heavy atom. The first kappa shape index (κ1) is 23.0. The Morgan fingerprint density at radius 1 is 1.09 bits per heavy atom. The Morgan fingerprint density at radius 2 is 1.86 bits per heavy atom. The number of hydrogen-bond donors (Lipinski definition) is 0. The highest BCUT2D eigenvalue weighted by molar-refractivity contribution is 5.66. The highest BCUT2D eigenvalue weighted by Crippen LogP contribution is 2.46. The Bertz CT molecular complexity index is 1400. The van der Waals surface area contributed by atoms with Crippen LogP contribution in [0.15, 0.2) is 41.2 Å². The number of hydrogen-bond acceptors (Lipinski definition) is 4. The zero-order chi connectivity index (χ0) is 24.7. The lowest BCUT2D eigenvalue weighted by molar-refractivity contribution is 0.340. The molecule has 35 heavy (non-hydrogen) atoms. The van der Waals surface area contributed by atoms with Crippen molar-refractivity contribution in [2.75, 3.05) is 25.1 Å². The monoisotopic (exact) mass is 476 g/mol. The van der Waals surface area contributed by atoms with Gasteiger partial charge in [-0.25, -0.2) is 18.6 Å². The van der Waals surface area contributed by atoms with Gasteiger partial charge >= 0.3 is 0 Å². The van der Waals surface area contributed by atoms with E-state index in [2.05, 4.69) is 9.74 Å². The molecule has 6 nitrogen and oxygen atoms in total. The van der Waals surface area contributed by atoms with E-state index in [9.17, 15) is 13.6 Å². The van der Waals surface area contributed by atoms with Crippen LogP contribution in [0.2, 0.25) is 0 Å². The van der Waals surface area contributed by atoms with Crippen LogP contribution >= 0.6 is 0 Å². The van der Waals surface area contributed by atoms with Gasteiger partial charge in [-0.1, -0.05) is 25.0 Å². The number of halogens is 2. The fourth-order valence-electron chi connectivity index (χ4n) is 5.51. The largest absolute Gasteiger partial charge is 0.494 e. The molecule has 2 aliphatic rings. The highest BCUT2D eigenvalue weighted by atomic mass is 19.1. The first-order valence-corrected chi connectivity index (χ1v) is 11.8. The number of aromatic nitrogens is 2. The van der Waals surface area contributed by atoms with Crippen LogP contribution in [0.1, 0.15) is 37.7 Å². The standard InChI is InChI=1S/C27H26F2N4O2/c1-17-24(32-13-12-27(16-32)10-4-5-11-27)31-25(18-6-8-22(30-2)20(28)14-18)33(26(17)34)19-7-9-23(35-3)21(29)15-19/h6-9,14-15H,4-5,10-13,16H2,1,3H3. The van der Waals surface area contributed by atoms with Crippen molar-refractivity contribution in [2.24, 2.45) is 5.41 Å². The van der Waals surface area contributed by atoms with Gasteiger partial charge in [0.15, 0.2) is 11.6 Å². The third kappa shape index (κ3) is 3.95. The van der Waals surface area contributed by atoms with Crippen molar-refractivity contribution in [2.45, 2.75) is 39.0 Å². The molecule has 0 bridgehead atoms. The molecule has 0 amide bonds. The normalized spacial score (nSPS) is 16.6. The van der Waals surface area contributed by atoms with Gasteiger partial charge in [0.25, 0.3) is 5.56 Å². The van der Waals surface area contributed by atoms with E-state index in [0.29, 0.717) is 16.9 Å². The number of nitrogens with zero attached hydrogens (tertiary/aromatic N) is 4. The molecule has 1 saturated heterocycles. The smallest absolute Gasteiger partial charge is 0.263 e. The Hall–Kier alpha value is -3.73. The average Bonchev–Trinajstić information content (AvgIpc) is 3.50. The molecule has 1 aliphatic heterocycles. The number of rotatable bonds is 4. The predicted molar refractivity (Wildman–Crippen MR) is 130 cm³/mol. The summed E-state index contributed by atoms with van der Waals surface area (Å²) >= 11 is 0. The second-order valence-corrected chi connectivity index (χ2v) is 9.50. The van der Waals surface area contributed by atoms with Gasteiger partial charge < -0.3 is 9.64 Å². The third-order valence-corrected chi connectivity index (χ3v) is 7.40. The Kier molecular flexibility index (Phi) is 5.79. The lowest BCUT2D eigenvalue weighted by atomic mass is 9.86. The van der Waals surface area contributed by atoms with Crippen LogP contribution in [-0.2, 0) is 0 Å². The van der Waals surface area contributed by atoms with Crippen molar-refractivity contribution in [3.8, 4) is 22.8 Å². The minimum Gasteiger partial charge on any atom is -0.494 e. The van der Waals surface area contributed by atoms with Crippen LogP contribution < -0.4 is 15.2 Å². The second-order valence-electron chi connectivity index (χ2n) is 9.50. The maximum Gasteiger partial charge on any atom is 0.263 e. The van der Waals surface area contributed by atoms with Gasteiger partial charge in [0.05, 0.1) is 24.9 Å². The van der Waals surface area contributed by atoms with Crippen molar-refractivity contribution < 1.29 is 13.5 Å². The first-order valence-electron chi connectivity index (χ1n) is 11.8. The molecule has 180 valence electrons. The highest BCUT2D eigenvalue weighted by Gasteiger charge is 2.41. The summed E-state index contributed by atoms with van der Waals surface area (Å²) in [5, 5.41) is 0. The van der Waals surface area contributed by atoms with Crippen molar-refractivity contribution in [3.05, 3.63) is 75.4 Å². The van der Waals surface area contributed by atoms with Gasteiger partial charge in [-0.15, -0.1) is 0 Å². The van der Waals surface area contributed by atoms with Gasteiger partial charge in [0.1, 0.15) is 17.5 Å². The molecule has 1 aliphatic carbocycles. The first-order chi connectivity index (χ1) is 16.9. The van der Waals surface area contributed by atoms with Crippen LogP contribution in [0.3, 0.4) is 0 Å². The quantitative estimate of drug-likeness (QED) is 0.446. The number of methoxy groups -OCH3 is 1. The van der Waals surface area contributed by atoms with Gasteiger partial charge in [-0.05, 0) is 49.8 Å². The van der Waals surface area contributed by atoms with E-state index in [0.717, 1.165) is 19.5 Å². The van der Waals surface area contributed by atoms with Gasteiger partial charge in [0.2, 0.25) is 5.69 Å². The maximum atomic E-state index is 14.6. The molecule has 0 atom stereocenters. The van der Waals surface area contributed by atoms with Crippen LogP contribution in [0.25, 0.3) is 21.9 Å². The Labute approximate surface area is 202 Å². The molecule has 0 radical (unpaired) electrons. The molecule has 3 aromatic rings. The zero-order valence-corrected chi connectivity index (χ0v) is 19.8. The van der Waals surface area contributed by atoms with Crippen LogP contribution in [-0.4, -0.2) is 29.8 Å². The van der Waals surface area contributed by atoms with E-state index < -0.39 is 11.6 Å². The van der Waals surface area contributed by atoms with Crippen LogP contribution in [0.5, 0.6) is 5.75 Å². The van der Waals surface area contributed by atoms with Gasteiger partial charge in [-0.2, -0.15) is 0 Å². The summed E-state index contributed by atoms with van der Waals surface area (Å²) in [6.07, 6.45) is 5.87. The number of ether oxygens (including phenoxy) is 1. The molecule has 0 N–H and O–H groups in total. The summed E-state index contributed by atoms with van der Waals surface area (Å²) in [6.45, 7) is 10.5. The van der Waals surface area contributed by atoms with Gasteiger partial charge in [0, 0.05) is 24.7 Å². The molecular formula is C27H26F2N4O2. The topological polar surface area (TPSA) is 51.7 Å². The minimum absolute atomic E-state index is 0.0519. The fraction of sp³-hybridized carbons (Fsp3) is 0.370. The molecular weight excluding hydrogens is 450 g/mol. The molecule has 8 heteroatoms. The maximum absolute atomic E-state index is 14.6. The predicted octanol–water partition coefficient (Wildman–Crippen LogP) is 5.82. The summed E-state index contributed by atoms with van der Waals surface area (Å²) in [4.78, 5) is 23.9. The van der Waals surface area contributed by atoms with E-state index in [1.807, 2.05) is 0 Å². The number of benzene rings is 2. The second kappa shape index (κ2) is 8.81. The fourth-order valence-corrected chi connectivity index (χ4v) is 5.51. The SMILES string of the molecule is [C-]#[N+]c1ccc(-c2nc(N3CCC4(CCCC4)C3)c(C)c(=O)n2-c2ccc(OC)c(F)c2)cc1F. The van der Waals surface area contributed by atoms with E-state index >= 15 is 0 Å². The molecule has 2 aromatic carbocycles. The zero-order valence-electron chi connectivity index (χ0n) is 19.8. The van der Waals surface area contributed by atoms with Gasteiger partial charge in [-0.3, -0.25) is 9.36 Å². The van der Waals surface area contributed by atoms with E-state index in [1.165, 1.54) is 61.6 Å². The average molecular weight is 477 g/mol. The summed E-state index contributed by atoms with van der Waals surface area (Å²) in [5.74, 6) is -0.498. The molecule has 0 unspecified atom stereocenters. The van der Waals surface area contributed by atoms with Crippen molar-refractivity contribution in [1.29, 1.82) is 0 Å². The molecule has 1 spiro atoms. The molecule has 2 fully saturated rings. The molecule has 2 heterocycles. The molecule has 5 rings (SSSR count).